The highest BCUT2D eigenvalue weighted by Crippen LogP contribution is 2.29. The molecule has 0 saturated heterocycles. The van der Waals surface area contributed by atoms with Gasteiger partial charge in [0, 0.05) is 30.8 Å². The largest absolute Gasteiger partial charge is 0.507 e. The van der Waals surface area contributed by atoms with E-state index >= 15 is 0 Å². The third kappa shape index (κ3) is 5.24. The van der Waals surface area contributed by atoms with Crippen molar-refractivity contribution in [1.29, 1.82) is 0 Å². The predicted molar refractivity (Wildman–Crippen MR) is 114 cm³/mol. The molecule has 0 atom stereocenters. The van der Waals surface area contributed by atoms with Crippen LogP contribution in [0.25, 0.3) is 0 Å². The van der Waals surface area contributed by atoms with Crippen LogP contribution in [0.4, 0.5) is 11.4 Å². The van der Waals surface area contributed by atoms with Gasteiger partial charge in [-0.2, -0.15) is 9.41 Å². The van der Waals surface area contributed by atoms with Crippen molar-refractivity contribution in [1.82, 2.24) is 4.31 Å². The van der Waals surface area contributed by atoms with Crippen molar-refractivity contribution in [3.63, 3.8) is 0 Å². The van der Waals surface area contributed by atoms with Crippen LogP contribution in [0.15, 0.2) is 46.4 Å². The lowest BCUT2D eigenvalue weighted by Crippen LogP contribution is -2.30. The van der Waals surface area contributed by atoms with E-state index in [2.05, 4.69) is 10.5 Å². The summed E-state index contributed by atoms with van der Waals surface area (Å²) in [5.41, 5.74) is 2.47. The average molecular weight is 436 g/mol. The lowest BCUT2D eigenvalue weighted by molar-refractivity contribution is -0.384. The van der Waals surface area contributed by atoms with E-state index < -0.39 is 20.6 Å². The third-order valence-electron chi connectivity index (χ3n) is 4.21. The number of hydrazone groups is 1. The first-order chi connectivity index (χ1) is 14.2. The molecule has 0 unspecified atom stereocenters. The van der Waals surface area contributed by atoms with Crippen LogP contribution in [0.5, 0.6) is 11.5 Å². The smallest absolute Gasteiger partial charge is 0.295 e. The zero-order valence-corrected chi connectivity index (χ0v) is 17.7. The quantitative estimate of drug-likeness (QED) is 0.332. The number of phenolic OH excluding ortho intramolecular Hbond substituents is 1. The molecule has 0 heterocycles. The minimum absolute atomic E-state index is 0.0140. The first kappa shape index (κ1) is 23.1. The van der Waals surface area contributed by atoms with E-state index in [4.69, 9.17) is 4.74 Å². The summed E-state index contributed by atoms with van der Waals surface area (Å²) >= 11 is 0. The summed E-state index contributed by atoms with van der Waals surface area (Å²) < 4.78 is 31.7. The van der Waals surface area contributed by atoms with Gasteiger partial charge in [0.2, 0.25) is 10.0 Å². The molecule has 0 radical (unpaired) electrons. The molecular formula is C19H24N4O6S. The van der Waals surface area contributed by atoms with Crippen molar-refractivity contribution < 1.29 is 23.2 Å². The van der Waals surface area contributed by atoms with Crippen molar-refractivity contribution in [3.8, 4) is 11.5 Å². The Labute approximate surface area is 175 Å². The second-order valence-corrected chi connectivity index (χ2v) is 7.99. The second-order valence-electron chi connectivity index (χ2n) is 6.05. The van der Waals surface area contributed by atoms with Gasteiger partial charge in [0.1, 0.15) is 17.2 Å². The summed E-state index contributed by atoms with van der Waals surface area (Å²) in [7, 11) is -3.83. The molecular weight excluding hydrogens is 412 g/mol. The van der Waals surface area contributed by atoms with Gasteiger partial charge in [-0.05, 0) is 31.2 Å². The minimum Gasteiger partial charge on any atom is -0.507 e. The van der Waals surface area contributed by atoms with Crippen molar-refractivity contribution in [3.05, 3.63) is 52.1 Å². The van der Waals surface area contributed by atoms with Gasteiger partial charge >= 0.3 is 0 Å². The number of nitro benzene ring substituents is 1. The number of anilines is 1. The van der Waals surface area contributed by atoms with E-state index in [0.717, 1.165) is 6.07 Å². The normalized spacial score (nSPS) is 11.7. The number of benzene rings is 2. The van der Waals surface area contributed by atoms with Crippen molar-refractivity contribution in [2.45, 2.75) is 25.7 Å². The molecule has 0 aromatic heterocycles. The summed E-state index contributed by atoms with van der Waals surface area (Å²) in [6.07, 6.45) is 1.29. The maximum absolute atomic E-state index is 12.6. The highest BCUT2D eigenvalue weighted by atomic mass is 32.2. The number of nitro groups is 1. The Morgan fingerprint density at radius 1 is 1.20 bits per heavy atom. The Balaban J connectivity index is 2.28. The van der Waals surface area contributed by atoms with Crippen molar-refractivity contribution in [2.24, 2.45) is 5.10 Å². The van der Waals surface area contributed by atoms with Crippen LogP contribution in [0.3, 0.4) is 0 Å². The first-order valence-electron chi connectivity index (χ1n) is 9.28. The molecule has 10 nitrogen and oxygen atoms in total. The Morgan fingerprint density at radius 3 is 2.47 bits per heavy atom. The third-order valence-corrected chi connectivity index (χ3v) is 6.26. The highest BCUT2D eigenvalue weighted by molar-refractivity contribution is 7.89. The van der Waals surface area contributed by atoms with Crippen LogP contribution in [0.1, 0.15) is 26.3 Å². The Bertz CT molecular complexity index is 1040. The van der Waals surface area contributed by atoms with E-state index in [0.29, 0.717) is 17.9 Å². The number of aromatic hydroxyl groups is 1. The molecule has 30 heavy (non-hydrogen) atoms. The Hall–Kier alpha value is -3.18. The van der Waals surface area contributed by atoms with E-state index in [1.165, 1.54) is 28.7 Å². The maximum atomic E-state index is 12.6. The van der Waals surface area contributed by atoms with E-state index in [-0.39, 0.29) is 29.4 Å². The monoisotopic (exact) mass is 436 g/mol. The number of hydrogen-bond acceptors (Lipinski definition) is 8. The summed E-state index contributed by atoms with van der Waals surface area (Å²) in [6.45, 7) is 6.16. The SMILES string of the molecule is CCOc1ccc(/C=N\Nc2ccc(S(=O)(=O)N(CC)CC)cc2[N+](=O)[O-])c(O)c1. The molecule has 162 valence electrons. The van der Waals surface area contributed by atoms with E-state index in [1.807, 2.05) is 6.92 Å². The summed E-state index contributed by atoms with van der Waals surface area (Å²) in [5, 5.41) is 25.4. The number of rotatable bonds is 10. The number of nitrogens with one attached hydrogen (secondary N) is 1. The molecule has 0 saturated carbocycles. The number of hydrogen-bond donors (Lipinski definition) is 2. The fourth-order valence-electron chi connectivity index (χ4n) is 2.69. The standard InChI is InChI=1S/C19H24N4O6S/c1-4-22(5-2)30(27,28)16-9-10-17(18(12-16)23(25)26)21-20-13-14-7-8-15(29-6-3)11-19(14)24/h7-13,21,24H,4-6H2,1-3H3/b20-13-. The van der Waals surface area contributed by atoms with Crippen molar-refractivity contribution in [2.75, 3.05) is 25.1 Å². The first-order valence-corrected chi connectivity index (χ1v) is 10.7. The van der Waals surface area contributed by atoms with Gasteiger partial charge in [0.05, 0.1) is 22.6 Å². The average Bonchev–Trinajstić information content (AvgIpc) is 2.70. The molecule has 2 N–H and O–H groups in total. The van der Waals surface area contributed by atoms with Crippen LogP contribution in [0, 0.1) is 10.1 Å². The van der Waals surface area contributed by atoms with Gasteiger partial charge in [0.15, 0.2) is 0 Å². The van der Waals surface area contributed by atoms with Gasteiger partial charge in [0.25, 0.3) is 5.69 Å². The van der Waals surface area contributed by atoms with E-state index in [9.17, 15) is 23.6 Å². The van der Waals surface area contributed by atoms with Crippen LogP contribution < -0.4 is 10.2 Å². The van der Waals surface area contributed by atoms with Crippen molar-refractivity contribution >= 4 is 27.6 Å². The zero-order valence-electron chi connectivity index (χ0n) is 16.9. The second kappa shape index (κ2) is 10.0. The van der Waals surface area contributed by atoms with Crippen LogP contribution in [-0.4, -0.2) is 48.7 Å². The molecule has 0 bridgehead atoms. The Kier molecular flexibility index (Phi) is 7.72. The molecule has 0 aliphatic carbocycles. The fraction of sp³-hybridized carbons (Fsp3) is 0.316. The topological polar surface area (TPSA) is 134 Å². The maximum Gasteiger partial charge on any atom is 0.295 e. The summed E-state index contributed by atoms with van der Waals surface area (Å²) in [6, 6.07) is 8.23. The molecule has 0 amide bonds. The van der Waals surface area contributed by atoms with Gasteiger partial charge in [-0.1, -0.05) is 13.8 Å². The van der Waals surface area contributed by atoms with Gasteiger partial charge in [-0.3, -0.25) is 15.5 Å². The molecule has 0 aliphatic heterocycles. The number of phenols is 1. The Morgan fingerprint density at radius 2 is 1.90 bits per heavy atom. The van der Waals surface area contributed by atoms with Crippen LogP contribution in [-0.2, 0) is 10.0 Å². The molecule has 2 aromatic carbocycles. The molecule has 0 aliphatic rings. The molecule has 0 fully saturated rings. The zero-order chi connectivity index (χ0) is 22.3. The highest BCUT2D eigenvalue weighted by Gasteiger charge is 2.25. The fourth-order valence-corrected chi connectivity index (χ4v) is 4.17. The van der Waals surface area contributed by atoms with Gasteiger partial charge in [-0.25, -0.2) is 8.42 Å². The van der Waals surface area contributed by atoms with Crippen LogP contribution >= 0.6 is 0 Å². The number of ether oxygens (including phenoxy) is 1. The number of nitrogens with zero attached hydrogens (tertiary/aromatic N) is 3. The molecule has 2 aromatic rings. The van der Waals surface area contributed by atoms with Crippen LogP contribution in [0.2, 0.25) is 0 Å². The molecule has 0 spiro atoms. The number of sulfonamides is 1. The summed E-state index contributed by atoms with van der Waals surface area (Å²) in [4.78, 5) is 10.6. The minimum atomic E-state index is -3.83. The lowest BCUT2D eigenvalue weighted by atomic mass is 10.2. The molecule has 11 heteroatoms. The molecule has 2 rings (SSSR count). The van der Waals surface area contributed by atoms with E-state index in [1.54, 1.807) is 26.0 Å². The lowest BCUT2D eigenvalue weighted by Gasteiger charge is -2.18. The predicted octanol–water partition coefficient (Wildman–Crippen LogP) is 3.18. The van der Waals surface area contributed by atoms with Gasteiger partial charge in [-0.15, -0.1) is 0 Å². The van der Waals surface area contributed by atoms with Gasteiger partial charge < -0.3 is 9.84 Å². The summed E-state index contributed by atoms with van der Waals surface area (Å²) in [5.74, 6) is 0.433.